The van der Waals surface area contributed by atoms with Crippen LogP contribution in [0.25, 0.3) is 5.82 Å². The largest absolute Gasteiger partial charge is 0.370 e. The predicted molar refractivity (Wildman–Crippen MR) is 142 cm³/mol. The van der Waals surface area contributed by atoms with Gasteiger partial charge in [-0.15, -0.1) is 0 Å². The SMILES string of the molecule is Cc1cccc(C(=O)Nc2ccc(C)c(Nc3cc(C)nn3-c3cc(NCC4CNC4)ncn3)c2)c1. The van der Waals surface area contributed by atoms with Crippen molar-refractivity contribution in [1.29, 1.82) is 0 Å². The van der Waals surface area contributed by atoms with E-state index in [0.717, 1.165) is 53.8 Å². The van der Waals surface area contributed by atoms with Crippen LogP contribution in [0.2, 0.25) is 0 Å². The fourth-order valence-corrected chi connectivity index (χ4v) is 4.03. The maximum absolute atomic E-state index is 12.7. The normalized spacial score (nSPS) is 13.2. The third-order valence-corrected chi connectivity index (χ3v) is 6.18. The number of hydrogen-bond acceptors (Lipinski definition) is 7. The molecule has 4 N–H and O–H groups in total. The highest BCUT2D eigenvalue weighted by molar-refractivity contribution is 6.04. The Hall–Kier alpha value is -4.24. The smallest absolute Gasteiger partial charge is 0.255 e. The molecule has 0 unspecified atom stereocenters. The van der Waals surface area contributed by atoms with Gasteiger partial charge in [-0.25, -0.2) is 9.97 Å². The van der Waals surface area contributed by atoms with E-state index >= 15 is 0 Å². The van der Waals surface area contributed by atoms with Crippen LogP contribution in [0, 0.1) is 26.7 Å². The number of hydrogen-bond donors (Lipinski definition) is 4. The van der Waals surface area contributed by atoms with Crippen molar-refractivity contribution in [2.75, 3.05) is 35.6 Å². The zero-order chi connectivity index (χ0) is 25.1. The highest BCUT2D eigenvalue weighted by Gasteiger charge is 2.17. The summed E-state index contributed by atoms with van der Waals surface area (Å²) >= 11 is 0. The fourth-order valence-electron chi connectivity index (χ4n) is 4.03. The molecule has 0 spiro atoms. The third kappa shape index (κ3) is 5.36. The summed E-state index contributed by atoms with van der Waals surface area (Å²) in [6, 6.07) is 17.2. The van der Waals surface area contributed by atoms with E-state index in [-0.39, 0.29) is 5.91 Å². The first kappa shape index (κ1) is 23.5. The zero-order valence-corrected chi connectivity index (χ0v) is 20.7. The number of rotatable bonds is 8. The second kappa shape index (κ2) is 10.2. The zero-order valence-electron chi connectivity index (χ0n) is 20.7. The molecule has 9 heteroatoms. The van der Waals surface area contributed by atoms with E-state index in [4.69, 9.17) is 0 Å². The van der Waals surface area contributed by atoms with Crippen molar-refractivity contribution in [1.82, 2.24) is 25.1 Å². The molecule has 0 bridgehead atoms. The average Bonchev–Trinajstić information content (AvgIpc) is 3.20. The summed E-state index contributed by atoms with van der Waals surface area (Å²) in [7, 11) is 0. The highest BCUT2D eigenvalue weighted by Crippen LogP contribution is 2.27. The summed E-state index contributed by atoms with van der Waals surface area (Å²) < 4.78 is 1.77. The molecule has 36 heavy (non-hydrogen) atoms. The highest BCUT2D eigenvalue weighted by atomic mass is 16.1. The minimum absolute atomic E-state index is 0.145. The molecule has 1 aliphatic heterocycles. The van der Waals surface area contributed by atoms with Crippen LogP contribution in [0.1, 0.15) is 27.2 Å². The molecule has 0 saturated carbocycles. The Kier molecular flexibility index (Phi) is 6.64. The Labute approximate surface area is 210 Å². The van der Waals surface area contributed by atoms with Gasteiger partial charge in [0.2, 0.25) is 0 Å². The summed E-state index contributed by atoms with van der Waals surface area (Å²) in [4.78, 5) is 21.5. The van der Waals surface area contributed by atoms with Crippen LogP contribution in [0.5, 0.6) is 0 Å². The Balaban J connectivity index is 1.35. The quantitative estimate of drug-likeness (QED) is 0.298. The Morgan fingerprint density at radius 2 is 1.92 bits per heavy atom. The molecule has 0 atom stereocenters. The van der Waals surface area contributed by atoms with Crippen molar-refractivity contribution in [3.8, 4) is 5.82 Å². The minimum Gasteiger partial charge on any atom is -0.370 e. The molecule has 0 aliphatic carbocycles. The number of anilines is 4. The van der Waals surface area contributed by atoms with E-state index in [1.54, 1.807) is 11.0 Å². The van der Waals surface area contributed by atoms with E-state index in [1.165, 1.54) is 0 Å². The first-order valence-electron chi connectivity index (χ1n) is 12.0. The number of aromatic nitrogens is 4. The second-order valence-corrected chi connectivity index (χ2v) is 9.23. The van der Waals surface area contributed by atoms with Gasteiger partial charge in [-0.05, 0) is 50.6 Å². The molecule has 3 heterocycles. The molecule has 1 saturated heterocycles. The lowest BCUT2D eigenvalue weighted by Crippen LogP contribution is -2.45. The lowest BCUT2D eigenvalue weighted by molar-refractivity contribution is 0.102. The van der Waals surface area contributed by atoms with Crippen LogP contribution < -0.4 is 21.3 Å². The Morgan fingerprint density at radius 1 is 1.06 bits per heavy atom. The molecule has 4 aromatic rings. The second-order valence-electron chi connectivity index (χ2n) is 9.23. The first-order valence-corrected chi connectivity index (χ1v) is 12.0. The number of carbonyl (C=O) groups excluding carboxylic acids is 1. The van der Waals surface area contributed by atoms with Crippen molar-refractivity contribution in [3.05, 3.63) is 83.3 Å². The summed E-state index contributed by atoms with van der Waals surface area (Å²) in [6.07, 6.45) is 1.55. The number of nitrogens with zero attached hydrogens (tertiary/aromatic N) is 4. The average molecular weight is 483 g/mol. The van der Waals surface area contributed by atoms with Gasteiger partial charge in [0.25, 0.3) is 5.91 Å². The molecule has 1 fully saturated rings. The van der Waals surface area contributed by atoms with E-state index in [9.17, 15) is 4.79 Å². The number of aryl methyl sites for hydroxylation is 3. The third-order valence-electron chi connectivity index (χ3n) is 6.18. The Bertz CT molecular complexity index is 1390. The minimum atomic E-state index is -0.145. The van der Waals surface area contributed by atoms with Crippen LogP contribution >= 0.6 is 0 Å². The van der Waals surface area contributed by atoms with Crippen LogP contribution in [-0.4, -0.2) is 45.3 Å². The molecule has 0 radical (unpaired) electrons. The Morgan fingerprint density at radius 3 is 2.69 bits per heavy atom. The maximum Gasteiger partial charge on any atom is 0.255 e. The molecule has 1 aliphatic rings. The summed E-state index contributed by atoms with van der Waals surface area (Å²) in [5, 5.41) is 17.8. The van der Waals surface area contributed by atoms with Crippen molar-refractivity contribution in [3.63, 3.8) is 0 Å². The van der Waals surface area contributed by atoms with Crippen LogP contribution in [0.15, 0.2) is 60.9 Å². The predicted octanol–water partition coefficient (Wildman–Crippen LogP) is 4.21. The van der Waals surface area contributed by atoms with E-state index in [0.29, 0.717) is 23.0 Å². The summed E-state index contributed by atoms with van der Waals surface area (Å²) in [6.45, 7) is 8.86. The van der Waals surface area contributed by atoms with Gasteiger partial charge in [-0.2, -0.15) is 9.78 Å². The molecule has 9 nitrogen and oxygen atoms in total. The van der Waals surface area contributed by atoms with Gasteiger partial charge in [0.05, 0.1) is 5.69 Å². The number of amides is 1. The first-order chi connectivity index (χ1) is 17.4. The molecule has 2 aromatic carbocycles. The lowest BCUT2D eigenvalue weighted by Gasteiger charge is -2.27. The van der Waals surface area contributed by atoms with Gasteiger partial charge < -0.3 is 21.3 Å². The van der Waals surface area contributed by atoms with E-state index in [1.807, 2.05) is 75.4 Å². The van der Waals surface area contributed by atoms with Crippen LogP contribution in [0.3, 0.4) is 0 Å². The standard InChI is InChI=1S/C27H30N8O/c1-17-5-4-6-21(9-17)27(36)32-22-8-7-18(2)23(11-22)33-26-10-19(3)34-35(26)25-12-24(30-16-31-25)29-15-20-13-28-14-20/h4-12,16,20,28,33H,13-15H2,1-3H3,(H,32,36)(H,29,30,31). The topological polar surface area (TPSA) is 109 Å². The summed E-state index contributed by atoms with van der Waals surface area (Å²) in [5.41, 5.74) is 5.13. The van der Waals surface area contributed by atoms with Crippen LogP contribution in [-0.2, 0) is 0 Å². The molecular weight excluding hydrogens is 452 g/mol. The monoisotopic (exact) mass is 482 g/mol. The van der Waals surface area contributed by atoms with Gasteiger partial charge in [-0.3, -0.25) is 4.79 Å². The molecular formula is C27H30N8O. The molecule has 1 amide bonds. The summed E-state index contributed by atoms with van der Waals surface area (Å²) in [5.74, 6) is 2.67. The van der Waals surface area contributed by atoms with Gasteiger partial charge in [0.1, 0.15) is 18.0 Å². The lowest BCUT2D eigenvalue weighted by atomic mass is 10.0. The van der Waals surface area contributed by atoms with E-state index < -0.39 is 0 Å². The van der Waals surface area contributed by atoms with Crippen LogP contribution in [0.4, 0.5) is 23.0 Å². The van der Waals surface area contributed by atoms with Gasteiger partial charge in [-0.1, -0.05) is 23.8 Å². The number of benzene rings is 2. The van der Waals surface area contributed by atoms with Gasteiger partial charge >= 0.3 is 0 Å². The number of carbonyl (C=O) groups is 1. The molecule has 184 valence electrons. The molecule has 2 aromatic heterocycles. The van der Waals surface area contributed by atoms with Crippen molar-refractivity contribution >= 4 is 28.9 Å². The van der Waals surface area contributed by atoms with Crippen molar-refractivity contribution in [2.24, 2.45) is 5.92 Å². The number of nitrogens with one attached hydrogen (secondary N) is 4. The molecule has 5 rings (SSSR count). The van der Waals surface area contributed by atoms with Crippen molar-refractivity contribution in [2.45, 2.75) is 20.8 Å². The fraction of sp³-hybridized carbons (Fsp3) is 0.259. The van der Waals surface area contributed by atoms with E-state index in [2.05, 4.69) is 36.3 Å². The van der Waals surface area contributed by atoms with Crippen molar-refractivity contribution < 1.29 is 4.79 Å². The maximum atomic E-state index is 12.7. The van der Waals surface area contributed by atoms with Gasteiger partial charge in [0, 0.05) is 54.6 Å². The van der Waals surface area contributed by atoms with Gasteiger partial charge in [0.15, 0.2) is 5.82 Å².